The number of nitriles is 1. The monoisotopic (exact) mass is 556 g/mol. The Bertz CT molecular complexity index is 1850. The molecule has 6 aromatic carbocycles. The molecule has 6 rings (SSSR count). The Balaban J connectivity index is 1.39. The highest BCUT2D eigenvalue weighted by Gasteiger charge is 2.14. The van der Waals surface area contributed by atoms with Crippen molar-refractivity contribution in [3.63, 3.8) is 0 Å². The first-order valence-corrected chi connectivity index (χ1v) is 15.1. The molecule has 0 amide bonds. The van der Waals surface area contributed by atoms with Gasteiger partial charge in [0.15, 0.2) is 0 Å². The molecular formula is C41H36N2. The molecule has 0 atom stereocenters. The van der Waals surface area contributed by atoms with Crippen LogP contribution in [0.4, 0.5) is 17.1 Å². The van der Waals surface area contributed by atoms with E-state index in [1.54, 1.807) is 0 Å². The zero-order chi connectivity index (χ0) is 29.9. The van der Waals surface area contributed by atoms with Crippen LogP contribution in [-0.2, 0) is 0 Å². The third kappa shape index (κ3) is 5.55. The molecule has 0 saturated carbocycles. The minimum absolute atomic E-state index is 0.490. The van der Waals surface area contributed by atoms with Crippen LogP contribution in [0.3, 0.4) is 0 Å². The smallest absolute Gasteiger partial charge is 0.100 e. The fourth-order valence-electron chi connectivity index (χ4n) is 5.84. The van der Waals surface area contributed by atoms with Crippen molar-refractivity contribution in [1.82, 2.24) is 0 Å². The van der Waals surface area contributed by atoms with Gasteiger partial charge in [-0.05, 0) is 81.3 Å². The van der Waals surface area contributed by atoms with Gasteiger partial charge in [0.1, 0.15) is 6.07 Å². The average Bonchev–Trinajstić information content (AvgIpc) is 3.04. The van der Waals surface area contributed by atoms with Crippen molar-refractivity contribution in [2.75, 3.05) is 4.90 Å². The second kappa shape index (κ2) is 12.0. The van der Waals surface area contributed by atoms with Crippen LogP contribution in [0.5, 0.6) is 0 Å². The van der Waals surface area contributed by atoms with Gasteiger partial charge in [0.2, 0.25) is 0 Å². The quantitative estimate of drug-likeness (QED) is 0.144. The van der Waals surface area contributed by atoms with Crippen molar-refractivity contribution >= 4 is 50.8 Å². The molecule has 0 aliphatic heterocycles. The zero-order valence-corrected chi connectivity index (χ0v) is 25.3. The van der Waals surface area contributed by atoms with Gasteiger partial charge in [-0.2, -0.15) is 5.26 Å². The average molecular weight is 557 g/mol. The van der Waals surface area contributed by atoms with E-state index in [4.69, 9.17) is 0 Å². The number of rotatable bonds is 7. The van der Waals surface area contributed by atoms with Crippen LogP contribution >= 0.6 is 0 Å². The second-order valence-electron chi connectivity index (χ2n) is 11.7. The molecule has 0 N–H and O–H groups in total. The van der Waals surface area contributed by atoms with Gasteiger partial charge in [0.05, 0.1) is 5.56 Å². The van der Waals surface area contributed by atoms with E-state index < -0.39 is 0 Å². The van der Waals surface area contributed by atoms with Crippen LogP contribution in [0.15, 0.2) is 121 Å². The molecule has 0 saturated heterocycles. The number of nitrogens with zero attached hydrogens (tertiary/aromatic N) is 2. The lowest BCUT2D eigenvalue weighted by atomic mass is 9.92. The highest BCUT2D eigenvalue weighted by atomic mass is 15.1. The summed E-state index contributed by atoms with van der Waals surface area (Å²) in [6, 6.07) is 45.4. The standard InChI is InChI=1S/C41H36N2/c1-28(2)31-16-22-34(23-17-31)43(35-24-18-32(19-25-35)29(3)4)33-20-13-30(14-21-33)15-26-40-36-9-5-7-11-38(36)41(27-42)39-12-8-6-10-37(39)40/h5-26,28-29H,1-4H3. The minimum atomic E-state index is 0.490. The van der Waals surface area contributed by atoms with E-state index in [1.165, 1.54) is 11.1 Å². The number of benzene rings is 6. The normalized spacial score (nSPS) is 11.6. The summed E-state index contributed by atoms with van der Waals surface area (Å²) in [5, 5.41) is 14.1. The third-order valence-corrected chi connectivity index (χ3v) is 8.31. The Hall–Kier alpha value is -5.13. The fourth-order valence-corrected chi connectivity index (χ4v) is 5.84. The number of anilines is 3. The van der Waals surface area contributed by atoms with Gasteiger partial charge < -0.3 is 4.90 Å². The predicted molar refractivity (Wildman–Crippen MR) is 184 cm³/mol. The minimum Gasteiger partial charge on any atom is -0.311 e. The molecule has 0 aliphatic rings. The number of hydrogen-bond donors (Lipinski definition) is 0. The van der Waals surface area contributed by atoms with E-state index in [9.17, 15) is 5.26 Å². The van der Waals surface area contributed by atoms with E-state index in [0.29, 0.717) is 11.8 Å². The van der Waals surface area contributed by atoms with E-state index in [1.807, 2.05) is 36.4 Å². The lowest BCUT2D eigenvalue weighted by Gasteiger charge is -2.26. The van der Waals surface area contributed by atoms with Crippen molar-refractivity contribution in [2.24, 2.45) is 0 Å². The van der Waals surface area contributed by atoms with Gasteiger partial charge in [-0.1, -0.05) is 125 Å². The van der Waals surface area contributed by atoms with Gasteiger partial charge in [0.25, 0.3) is 0 Å². The summed E-state index contributed by atoms with van der Waals surface area (Å²) >= 11 is 0. The van der Waals surface area contributed by atoms with Crippen LogP contribution in [-0.4, -0.2) is 0 Å². The Morgan fingerprint density at radius 2 is 0.907 bits per heavy atom. The molecule has 210 valence electrons. The maximum atomic E-state index is 9.97. The summed E-state index contributed by atoms with van der Waals surface area (Å²) in [5.74, 6) is 0.980. The first-order valence-electron chi connectivity index (χ1n) is 15.1. The van der Waals surface area contributed by atoms with Crippen molar-refractivity contribution in [2.45, 2.75) is 39.5 Å². The van der Waals surface area contributed by atoms with Gasteiger partial charge in [-0.25, -0.2) is 0 Å². The lowest BCUT2D eigenvalue weighted by molar-refractivity contribution is 0.866. The summed E-state index contributed by atoms with van der Waals surface area (Å²) < 4.78 is 0. The first-order chi connectivity index (χ1) is 20.9. The first kappa shape index (κ1) is 28.0. The predicted octanol–water partition coefficient (Wildman–Crippen LogP) is 11.8. The fraction of sp³-hybridized carbons (Fsp3) is 0.146. The second-order valence-corrected chi connectivity index (χ2v) is 11.7. The molecule has 0 fully saturated rings. The number of hydrogen-bond acceptors (Lipinski definition) is 2. The van der Waals surface area contributed by atoms with Crippen LogP contribution < -0.4 is 4.90 Å². The Labute approximate surface area is 255 Å². The van der Waals surface area contributed by atoms with Crippen molar-refractivity contribution < 1.29 is 0 Å². The number of fused-ring (bicyclic) bond motifs is 2. The van der Waals surface area contributed by atoms with Gasteiger partial charge in [0, 0.05) is 27.8 Å². The van der Waals surface area contributed by atoms with E-state index >= 15 is 0 Å². The summed E-state index contributed by atoms with van der Waals surface area (Å²) in [7, 11) is 0. The summed E-state index contributed by atoms with van der Waals surface area (Å²) in [6.07, 6.45) is 4.36. The molecule has 6 aromatic rings. The Morgan fingerprint density at radius 3 is 1.30 bits per heavy atom. The lowest BCUT2D eigenvalue weighted by Crippen LogP contribution is -2.10. The molecule has 0 bridgehead atoms. The van der Waals surface area contributed by atoms with Crippen molar-refractivity contribution in [3.05, 3.63) is 149 Å². The molecular weight excluding hydrogens is 520 g/mol. The van der Waals surface area contributed by atoms with Gasteiger partial charge in [-0.3, -0.25) is 0 Å². The van der Waals surface area contributed by atoms with Crippen LogP contribution in [0.1, 0.15) is 67.3 Å². The third-order valence-electron chi connectivity index (χ3n) is 8.31. The topological polar surface area (TPSA) is 27.0 Å². The Morgan fingerprint density at radius 1 is 0.512 bits per heavy atom. The molecule has 0 aliphatic carbocycles. The van der Waals surface area contributed by atoms with E-state index in [-0.39, 0.29) is 0 Å². The maximum Gasteiger partial charge on any atom is 0.100 e. The highest BCUT2D eigenvalue weighted by Crippen LogP contribution is 2.37. The summed E-state index contributed by atoms with van der Waals surface area (Å²) in [5.41, 5.74) is 9.04. The SMILES string of the molecule is CC(C)c1ccc(N(c2ccc(C=Cc3c4ccccc4c(C#N)c4ccccc34)cc2)c2ccc(C(C)C)cc2)cc1. The molecule has 2 nitrogen and oxygen atoms in total. The van der Waals surface area contributed by atoms with E-state index in [0.717, 1.165) is 55.3 Å². The molecule has 2 heteroatoms. The van der Waals surface area contributed by atoms with E-state index in [2.05, 4.69) is 136 Å². The van der Waals surface area contributed by atoms with Gasteiger partial charge in [-0.15, -0.1) is 0 Å². The van der Waals surface area contributed by atoms with Crippen molar-refractivity contribution in [1.29, 1.82) is 5.26 Å². The molecule has 0 aromatic heterocycles. The van der Waals surface area contributed by atoms with Crippen LogP contribution in [0.25, 0.3) is 33.7 Å². The van der Waals surface area contributed by atoms with Crippen molar-refractivity contribution in [3.8, 4) is 6.07 Å². The Kier molecular flexibility index (Phi) is 7.82. The molecule has 0 spiro atoms. The highest BCUT2D eigenvalue weighted by molar-refractivity contribution is 6.12. The largest absolute Gasteiger partial charge is 0.311 e. The van der Waals surface area contributed by atoms with Gasteiger partial charge >= 0.3 is 0 Å². The summed E-state index contributed by atoms with van der Waals surface area (Å²) in [4.78, 5) is 2.32. The molecule has 0 unspecified atom stereocenters. The molecule has 0 radical (unpaired) electrons. The summed E-state index contributed by atoms with van der Waals surface area (Å²) in [6.45, 7) is 8.92. The molecule has 0 heterocycles. The maximum absolute atomic E-state index is 9.97. The van der Waals surface area contributed by atoms with Crippen LogP contribution in [0.2, 0.25) is 0 Å². The zero-order valence-electron chi connectivity index (χ0n) is 25.3. The molecule has 43 heavy (non-hydrogen) atoms. The van der Waals surface area contributed by atoms with Crippen LogP contribution in [0, 0.1) is 11.3 Å².